The molecule has 1 aliphatic rings. The van der Waals surface area contributed by atoms with Gasteiger partial charge < -0.3 is 14.5 Å². The van der Waals surface area contributed by atoms with Crippen molar-refractivity contribution >= 4 is 17.7 Å². The van der Waals surface area contributed by atoms with Gasteiger partial charge in [0.1, 0.15) is 18.2 Å². The van der Waals surface area contributed by atoms with Gasteiger partial charge in [-0.15, -0.1) is 0 Å². The topological polar surface area (TPSA) is 32.8 Å². The summed E-state index contributed by atoms with van der Waals surface area (Å²) in [7, 11) is 0. The second kappa shape index (κ2) is 9.94. The van der Waals surface area contributed by atoms with E-state index in [-0.39, 0.29) is 11.7 Å². The molecule has 0 spiro atoms. The number of nitrogens with zero attached hydrogens (tertiary/aromatic N) is 2. The van der Waals surface area contributed by atoms with Gasteiger partial charge in [-0.05, 0) is 41.5 Å². The lowest BCUT2D eigenvalue weighted by Crippen LogP contribution is -2.48. The first-order valence-corrected chi connectivity index (χ1v) is 10.4. The van der Waals surface area contributed by atoms with E-state index in [4.69, 9.17) is 4.74 Å². The molecule has 1 fully saturated rings. The molecule has 31 heavy (non-hydrogen) atoms. The van der Waals surface area contributed by atoms with Crippen LogP contribution in [0.2, 0.25) is 0 Å². The highest BCUT2D eigenvalue weighted by Crippen LogP contribution is 2.20. The van der Waals surface area contributed by atoms with Gasteiger partial charge in [0.2, 0.25) is 5.91 Å². The lowest BCUT2D eigenvalue weighted by Gasteiger charge is -2.35. The molecule has 1 aliphatic heterocycles. The van der Waals surface area contributed by atoms with Crippen LogP contribution in [0, 0.1) is 5.82 Å². The van der Waals surface area contributed by atoms with Crippen molar-refractivity contribution in [1.29, 1.82) is 0 Å². The van der Waals surface area contributed by atoms with Gasteiger partial charge in [0.15, 0.2) is 0 Å². The molecule has 0 atom stereocenters. The van der Waals surface area contributed by atoms with Crippen LogP contribution in [0.4, 0.5) is 10.1 Å². The number of ether oxygens (including phenoxy) is 1. The number of piperazine rings is 1. The average molecular weight is 416 g/mol. The molecule has 1 amide bonds. The van der Waals surface area contributed by atoms with Gasteiger partial charge in [0.05, 0.1) is 5.69 Å². The Kier molecular flexibility index (Phi) is 6.62. The molecule has 1 heterocycles. The van der Waals surface area contributed by atoms with E-state index in [1.807, 2.05) is 71.6 Å². The summed E-state index contributed by atoms with van der Waals surface area (Å²) in [6.45, 7) is 2.91. The fourth-order valence-electron chi connectivity index (χ4n) is 3.56. The average Bonchev–Trinajstić information content (AvgIpc) is 2.83. The molecule has 3 aromatic carbocycles. The summed E-state index contributed by atoms with van der Waals surface area (Å²) >= 11 is 0. The maximum Gasteiger partial charge on any atom is 0.246 e. The standard InChI is InChI=1S/C26H25FN2O2/c27-24-8-4-5-9-25(24)28-16-18-29(19-17-28)26(30)15-12-21-10-13-23(14-11-21)31-20-22-6-2-1-3-7-22/h1-15H,16-20H2. The molecular weight excluding hydrogens is 391 g/mol. The summed E-state index contributed by atoms with van der Waals surface area (Å²) in [5.41, 5.74) is 2.65. The Morgan fingerprint density at radius 2 is 1.55 bits per heavy atom. The summed E-state index contributed by atoms with van der Waals surface area (Å²) in [6.07, 6.45) is 3.41. The first kappa shape index (κ1) is 20.7. The fraction of sp³-hybridized carbons (Fsp3) is 0.192. The van der Waals surface area contributed by atoms with Crippen LogP contribution in [0.3, 0.4) is 0 Å². The second-order valence-corrected chi connectivity index (χ2v) is 7.44. The van der Waals surface area contributed by atoms with Crippen molar-refractivity contribution in [1.82, 2.24) is 4.90 Å². The minimum atomic E-state index is -0.224. The van der Waals surface area contributed by atoms with Crippen molar-refractivity contribution in [2.75, 3.05) is 31.1 Å². The molecule has 5 heteroatoms. The zero-order valence-corrected chi connectivity index (χ0v) is 17.3. The lowest BCUT2D eigenvalue weighted by molar-refractivity contribution is -0.126. The molecule has 1 saturated heterocycles. The number of anilines is 1. The molecule has 0 bridgehead atoms. The van der Waals surface area contributed by atoms with Gasteiger partial charge in [-0.25, -0.2) is 4.39 Å². The maximum absolute atomic E-state index is 14.0. The van der Waals surface area contributed by atoms with Crippen molar-refractivity contribution in [3.8, 4) is 5.75 Å². The third kappa shape index (κ3) is 5.51. The van der Waals surface area contributed by atoms with E-state index in [0.29, 0.717) is 38.5 Å². The Morgan fingerprint density at radius 1 is 0.871 bits per heavy atom. The van der Waals surface area contributed by atoms with Crippen LogP contribution >= 0.6 is 0 Å². The predicted molar refractivity (Wildman–Crippen MR) is 121 cm³/mol. The Hall–Kier alpha value is -3.60. The highest BCUT2D eigenvalue weighted by atomic mass is 19.1. The highest BCUT2D eigenvalue weighted by Gasteiger charge is 2.21. The molecule has 0 aliphatic carbocycles. The summed E-state index contributed by atoms with van der Waals surface area (Å²) in [5.74, 6) is 0.535. The first-order chi connectivity index (χ1) is 15.2. The molecule has 158 valence electrons. The zero-order valence-electron chi connectivity index (χ0n) is 17.3. The summed E-state index contributed by atoms with van der Waals surface area (Å²) in [6, 6.07) is 24.4. The van der Waals surface area contributed by atoms with Gasteiger partial charge in [-0.1, -0.05) is 54.6 Å². The van der Waals surface area contributed by atoms with Gasteiger partial charge >= 0.3 is 0 Å². The van der Waals surface area contributed by atoms with E-state index in [0.717, 1.165) is 16.9 Å². The molecule has 3 aromatic rings. The van der Waals surface area contributed by atoms with Crippen LogP contribution < -0.4 is 9.64 Å². The number of carbonyl (C=O) groups excluding carboxylic acids is 1. The van der Waals surface area contributed by atoms with Crippen LogP contribution in [0.5, 0.6) is 5.75 Å². The number of rotatable bonds is 6. The largest absolute Gasteiger partial charge is 0.489 e. The lowest BCUT2D eigenvalue weighted by atomic mass is 10.2. The Labute approximate surface area is 182 Å². The van der Waals surface area contributed by atoms with Crippen molar-refractivity contribution in [2.24, 2.45) is 0 Å². The molecule has 4 nitrogen and oxygen atoms in total. The van der Waals surface area contributed by atoms with Gasteiger partial charge in [0.25, 0.3) is 0 Å². The fourth-order valence-corrected chi connectivity index (χ4v) is 3.56. The van der Waals surface area contributed by atoms with Crippen molar-refractivity contribution in [2.45, 2.75) is 6.61 Å². The summed E-state index contributed by atoms with van der Waals surface area (Å²) in [5, 5.41) is 0. The number of benzene rings is 3. The van der Waals surface area contributed by atoms with E-state index in [1.165, 1.54) is 6.07 Å². The first-order valence-electron chi connectivity index (χ1n) is 10.4. The molecule has 0 radical (unpaired) electrons. The number of amides is 1. The van der Waals surface area contributed by atoms with Crippen LogP contribution in [0.25, 0.3) is 6.08 Å². The van der Waals surface area contributed by atoms with Gasteiger partial charge in [0, 0.05) is 32.3 Å². The minimum absolute atomic E-state index is 0.0300. The predicted octanol–water partition coefficient (Wildman–Crippen LogP) is 4.77. The molecule has 0 N–H and O–H groups in total. The number of halogens is 1. The van der Waals surface area contributed by atoms with Gasteiger partial charge in [-0.3, -0.25) is 4.79 Å². The normalized spacial score (nSPS) is 14.1. The van der Waals surface area contributed by atoms with E-state index in [1.54, 1.807) is 23.1 Å². The zero-order chi connectivity index (χ0) is 21.5. The monoisotopic (exact) mass is 416 g/mol. The van der Waals surface area contributed by atoms with Crippen LogP contribution in [0.1, 0.15) is 11.1 Å². The van der Waals surface area contributed by atoms with Crippen LogP contribution in [-0.2, 0) is 11.4 Å². The van der Waals surface area contributed by atoms with Crippen molar-refractivity contribution in [3.05, 3.63) is 102 Å². The molecule has 0 unspecified atom stereocenters. The molecule has 4 rings (SSSR count). The third-order valence-corrected chi connectivity index (χ3v) is 5.33. The summed E-state index contributed by atoms with van der Waals surface area (Å²) in [4.78, 5) is 16.3. The number of hydrogen-bond acceptors (Lipinski definition) is 3. The van der Waals surface area contributed by atoms with E-state index in [9.17, 15) is 9.18 Å². The molecular formula is C26H25FN2O2. The van der Waals surface area contributed by atoms with Crippen molar-refractivity contribution in [3.63, 3.8) is 0 Å². The minimum Gasteiger partial charge on any atom is -0.489 e. The van der Waals surface area contributed by atoms with Crippen LogP contribution in [-0.4, -0.2) is 37.0 Å². The van der Waals surface area contributed by atoms with Crippen molar-refractivity contribution < 1.29 is 13.9 Å². The highest BCUT2D eigenvalue weighted by molar-refractivity contribution is 5.92. The quantitative estimate of drug-likeness (QED) is 0.543. The van der Waals surface area contributed by atoms with Crippen LogP contribution in [0.15, 0.2) is 84.9 Å². The van der Waals surface area contributed by atoms with E-state index >= 15 is 0 Å². The number of carbonyl (C=O) groups is 1. The summed E-state index contributed by atoms with van der Waals surface area (Å²) < 4.78 is 19.8. The molecule has 0 saturated carbocycles. The SMILES string of the molecule is O=C(C=Cc1ccc(OCc2ccccc2)cc1)N1CCN(c2ccccc2F)CC1. The Morgan fingerprint density at radius 3 is 2.26 bits per heavy atom. The van der Waals surface area contributed by atoms with E-state index in [2.05, 4.69) is 0 Å². The molecule has 0 aromatic heterocycles. The van der Waals surface area contributed by atoms with E-state index < -0.39 is 0 Å². The number of hydrogen-bond donors (Lipinski definition) is 0. The second-order valence-electron chi connectivity index (χ2n) is 7.44. The Balaban J connectivity index is 1.27. The Bertz CT molecular complexity index is 1030. The maximum atomic E-state index is 14.0. The smallest absolute Gasteiger partial charge is 0.246 e. The van der Waals surface area contributed by atoms with Gasteiger partial charge in [-0.2, -0.15) is 0 Å². The number of para-hydroxylation sites is 1. The third-order valence-electron chi connectivity index (χ3n) is 5.33.